The number of methoxy groups -OCH3 is 1. The van der Waals surface area contributed by atoms with Gasteiger partial charge in [-0.25, -0.2) is 0 Å². The molecule has 10 heteroatoms. The van der Waals surface area contributed by atoms with Crippen LogP contribution < -0.4 is 9.80 Å². The van der Waals surface area contributed by atoms with E-state index in [0.717, 1.165) is 26.1 Å². The maximum absolute atomic E-state index is 14.3. The lowest BCUT2D eigenvalue weighted by Gasteiger charge is -2.38. The summed E-state index contributed by atoms with van der Waals surface area (Å²) in [4.78, 5) is 33.2. The molecule has 5 rings (SSSR count). The van der Waals surface area contributed by atoms with E-state index in [1.54, 1.807) is 11.0 Å². The molecule has 0 N–H and O–H groups in total. The molecule has 7 nitrogen and oxygen atoms in total. The summed E-state index contributed by atoms with van der Waals surface area (Å²) < 4.78 is 47.8. The Balaban J connectivity index is 1.33. The predicted octanol–water partition coefficient (Wildman–Crippen LogP) is 3.76. The number of nitrogens with zero attached hydrogens (tertiary/aromatic N) is 4. The average Bonchev–Trinajstić information content (AvgIpc) is 3.59. The molecule has 2 atom stereocenters. The first-order valence-electron chi connectivity index (χ1n) is 13.4. The van der Waals surface area contributed by atoms with Crippen molar-refractivity contribution in [1.29, 1.82) is 0 Å². The summed E-state index contributed by atoms with van der Waals surface area (Å²) in [5.74, 6) is -0.383. The van der Waals surface area contributed by atoms with Crippen LogP contribution in [0, 0.1) is 5.41 Å². The normalized spacial score (nSPS) is 26.6. The van der Waals surface area contributed by atoms with Gasteiger partial charge >= 0.3 is 6.18 Å². The third kappa shape index (κ3) is 4.94. The zero-order valence-corrected chi connectivity index (χ0v) is 21.7. The van der Waals surface area contributed by atoms with Crippen molar-refractivity contribution in [3.63, 3.8) is 0 Å². The lowest BCUT2D eigenvalue weighted by atomic mass is 9.77. The summed E-state index contributed by atoms with van der Waals surface area (Å²) in [5.41, 5.74) is -0.947. The second kappa shape index (κ2) is 10.1. The molecule has 0 radical (unpaired) electrons. The monoisotopic (exact) mass is 522 g/mol. The van der Waals surface area contributed by atoms with Gasteiger partial charge in [0.15, 0.2) is 0 Å². The number of alkyl halides is 3. The van der Waals surface area contributed by atoms with Crippen molar-refractivity contribution < 1.29 is 27.5 Å². The van der Waals surface area contributed by atoms with Crippen LogP contribution in [0.4, 0.5) is 24.5 Å². The third-order valence-corrected chi connectivity index (χ3v) is 9.03. The Morgan fingerprint density at radius 1 is 1.08 bits per heavy atom. The number of amides is 2. The molecule has 4 aliphatic rings. The molecule has 0 aromatic heterocycles. The van der Waals surface area contributed by atoms with Crippen LogP contribution in [0.25, 0.3) is 0 Å². The molecule has 4 saturated heterocycles. The van der Waals surface area contributed by atoms with Gasteiger partial charge in [0.1, 0.15) is 6.61 Å². The third-order valence-electron chi connectivity index (χ3n) is 9.03. The van der Waals surface area contributed by atoms with E-state index in [1.165, 1.54) is 37.0 Å². The summed E-state index contributed by atoms with van der Waals surface area (Å²) in [7, 11) is 1.46. The van der Waals surface area contributed by atoms with Crippen LogP contribution in [0.5, 0.6) is 0 Å². The Bertz CT molecular complexity index is 1020. The molecule has 1 aromatic carbocycles. The molecule has 0 aliphatic carbocycles. The average molecular weight is 523 g/mol. The molecular weight excluding hydrogens is 485 g/mol. The first-order chi connectivity index (χ1) is 17.6. The van der Waals surface area contributed by atoms with Crippen molar-refractivity contribution in [2.75, 3.05) is 62.8 Å². The lowest BCUT2D eigenvalue weighted by Crippen LogP contribution is -2.47. The molecule has 4 fully saturated rings. The zero-order chi connectivity index (χ0) is 26.4. The molecule has 204 valence electrons. The fourth-order valence-corrected chi connectivity index (χ4v) is 6.84. The van der Waals surface area contributed by atoms with E-state index in [1.807, 2.05) is 0 Å². The van der Waals surface area contributed by atoms with Crippen molar-refractivity contribution in [1.82, 2.24) is 9.80 Å². The smallest absolute Gasteiger partial charge is 0.375 e. The number of benzene rings is 1. The van der Waals surface area contributed by atoms with Gasteiger partial charge in [0.25, 0.3) is 0 Å². The number of rotatable bonds is 5. The fraction of sp³-hybridized carbons (Fsp3) is 0.704. The van der Waals surface area contributed by atoms with Crippen molar-refractivity contribution in [2.45, 2.75) is 63.7 Å². The Kier molecular flexibility index (Phi) is 7.17. The van der Waals surface area contributed by atoms with Crippen LogP contribution in [0.15, 0.2) is 18.2 Å². The van der Waals surface area contributed by atoms with E-state index >= 15 is 0 Å². The minimum Gasteiger partial charge on any atom is -0.375 e. The van der Waals surface area contributed by atoms with E-state index in [4.69, 9.17) is 4.74 Å². The molecule has 1 aromatic rings. The molecule has 0 saturated carbocycles. The summed E-state index contributed by atoms with van der Waals surface area (Å²) in [5, 5.41) is 0. The molecule has 0 unspecified atom stereocenters. The van der Waals surface area contributed by atoms with E-state index < -0.39 is 17.2 Å². The van der Waals surface area contributed by atoms with Gasteiger partial charge in [0.2, 0.25) is 11.8 Å². The minimum atomic E-state index is -4.57. The Hall–Kier alpha value is -2.33. The van der Waals surface area contributed by atoms with Gasteiger partial charge < -0.3 is 19.4 Å². The SMILES string of the molecule is COCC(=O)N1CCC2(CC1)CCN(c1ccc(N3CC[C@H](N4CCC[C@@H]4C)C3)cc1C(F)(F)F)C2=O. The highest BCUT2D eigenvalue weighted by Gasteiger charge is 2.50. The van der Waals surface area contributed by atoms with Gasteiger partial charge in [-0.05, 0) is 70.2 Å². The molecular formula is C27H37F3N4O3. The maximum Gasteiger partial charge on any atom is 0.418 e. The number of carbonyl (C=O) groups excluding carboxylic acids is 2. The van der Waals surface area contributed by atoms with Crippen molar-refractivity contribution in [3.8, 4) is 0 Å². The van der Waals surface area contributed by atoms with Crippen LogP contribution in [-0.4, -0.2) is 86.7 Å². The largest absolute Gasteiger partial charge is 0.418 e. The van der Waals surface area contributed by atoms with Gasteiger partial charge in [-0.15, -0.1) is 0 Å². The molecule has 4 aliphatic heterocycles. The summed E-state index contributed by atoms with van der Waals surface area (Å²) in [6.45, 7) is 5.82. The first-order valence-corrected chi connectivity index (χ1v) is 13.4. The second-order valence-corrected chi connectivity index (χ2v) is 11.1. The van der Waals surface area contributed by atoms with Crippen LogP contribution in [0.1, 0.15) is 51.0 Å². The quantitative estimate of drug-likeness (QED) is 0.590. The zero-order valence-electron chi connectivity index (χ0n) is 21.7. The number of hydrogen-bond donors (Lipinski definition) is 0. The highest BCUT2D eigenvalue weighted by molar-refractivity contribution is 6.01. The van der Waals surface area contributed by atoms with Crippen LogP contribution in [-0.2, 0) is 20.5 Å². The number of piperidine rings is 1. The van der Waals surface area contributed by atoms with Gasteiger partial charge in [-0.2, -0.15) is 13.2 Å². The van der Waals surface area contributed by atoms with Crippen molar-refractivity contribution in [2.24, 2.45) is 5.41 Å². The topological polar surface area (TPSA) is 56.3 Å². The van der Waals surface area contributed by atoms with Gasteiger partial charge in [-0.1, -0.05) is 0 Å². The Morgan fingerprint density at radius 2 is 1.81 bits per heavy atom. The van der Waals surface area contributed by atoms with Gasteiger partial charge in [0, 0.05) is 57.6 Å². The van der Waals surface area contributed by atoms with Crippen LogP contribution in [0.3, 0.4) is 0 Å². The minimum absolute atomic E-state index is 0.0107. The maximum atomic E-state index is 14.3. The molecule has 37 heavy (non-hydrogen) atoms. The predicted molar refractivity (Wildman–Crippen MR) is 135 cm³/mol. The number of halogens is 3. The fourth-order valence-electron chi connectivity index (χ4n) is 6.84. The van der Waals surface area contributed by atoms with E-state index in [-0.39, 0.29) is 30.7 Å². The van der Waals surface area contributed by atoms with Crippen molar-refractivity contribution >= 4 is 23.2 Å². The van der Waals surface area contributed by atoms with Gasteiger partial charge in [0.05, 0.1) is 16.7 Å². The van der Waals surface area contributed by atoms with Crippen molar-refractivity contribution in [3.05, 3.63) is 23.8 Å². The van der Waals surface area contributed by atoms with E-state index in [2.05, 4.69) is 16.7 Å². The number of carbonyl (C=O) groups is 2. The lowest BCUT2D eigenvalue weighted by molar-refractivity contribution is -0.141. The molecule has 1 spiro atoms. The second-order valence-electron chi connectivity index (χ2n) is 11.1. The number of ether oxygens (including phenoxy) is 1. The summed E-state index contributed by atoms with van der Waals surface area (Å²) >= 11 is 0. The van der Waals surface area contributed by atoms with Gasteiger partial charge in [-0.3, -0.25) is 14.5 Å². The highest BCUT2D eigenvalue weighted by atomic mass is 19.4. The highest BCUT2D eigenvalue weighted by Crippen LogP contribution is 2.47. The number of anilines is 2. The first kappa shape index (κ1) is 26.3. The molecule has 4 heterocycles. The van der Waals surface area contributed by atoms with Crippen LogP contribution in [0.2, 0.25) is 0 Å². The summed E-state index contributed by atoms with van der Waals surface area (Å²) in [6, 6.07) is 5.35. The molecule has 2 amide bonds. The van der Waals surface area contributed by atoms with Crippen LogP contribution >= 0.6 is 0 Å². The van der Waals surface area contributed by atoms with E-state index in [0.29, 0.717) is 50.1 Å². The Labute approximate surface area is 216 Å². The van der Waals surface area contributed by atoms with E-state index in [9.17, 15) is 22.8 Å². The standard InChI is InChI=1S/C27H37F3N4O3/c1-19-4-3-11-33(19)21-7-12-32(17-21)20-5-6-23(22(16-20)27(28,29)30)34-15-10-26(25(34)36)8-13-31(14-9-26)24(35)18-37-2/h5-6,16,19,21H,3-4,7-15,17-18H2,1-2H3/t19-,21-/m0/s1. The molecule has 0 bridgehead atoms. The number of likely N-dealkylation sites (tertiary alicyclic amines) is 2. The number of hydrogen-bond acceptors (Lipinski definition) is 5. The Morgan fingerprint density at radius 3 is 2.46 bits per heavy atom. The summed E-state index contributed by atoms with van der Waals surface area (Å²) in [6.07, 6.45) is 0.152.